The first-order chi connectivity index (χ1) is 14.1. The molecule has 0 spiro atoms. The van der Waals surface area contributed by atoms with Gasteiger partial charge in [-0.1, -0.05) is 43.3 Å². The molecule has 0 fully saturated rings. The summed E-state index contributed by atoms with van der Waals surface area (Å²) >= 11 is 1.40. The molecule has 1 N–H and O–H groups in total. The van der Waals surface area contributed by atoms with Gasteiger partial charge >= 0.3 is 0 Å². The van der Waals surface area contributed by atoms with E-state index in [0.29, 0.717) is 34.9 Å². The number of aryl methyl sites for hydroxylation is 1. The van der Waals surface area contributed by atoms with Gasteiger partial charge in [-0.2, -0.15) is 4.98 Å². The highest BCUT2D eigenvalue weighted by Gasteiger charge is 2.13. The van der Waals surface area contributed by atoms with Crippen molar-refractivity contribution in [3.63, 3.8) is 0 Å². The molecule has 8 heteroatoms. The molecule has 3 aromatic heterocycles. The zero-order valence-corrected chi connectivity index (χ0v) is 16.9. The maximum absolute atomic E-state index is 12.2. The number of rotatable bonds is 7. The van der Waals surface area contributed by atoms with E-state index in [9.17, 15) is 4.79 Å². The van der Waals surface area contributed by atoms with Crippen molar-refractivity contribution in [2.24, 2.45) is 0 Å². The first-order valence-corrected chi connectivity index (χ1v) is 10.2. The number of hydrogen-bond donors (Lipinski definition) is 1. The van der Waals surface area contributed by atoms with Crippen molar-refractivity contribution in [1.29, 1.82) is 0 Å². The Balaban J connectivity index is 1.32. The van der Waals surface area contributed by atoms with Crippen LogP contribution in [0.1, 0.15) is 37.6 Å². The predicted molar refractivity (Wildman–Crippen MR) is 111 cm³/mol. The largest absolute Gasteiger partial charge is 0.461 e. The molecule has 29 heavy (non-hydrogen) atoms. The highest BCUT2D eigenvalue weighted by molar-refractivity contribution is 7.14. The number of furan rings is 1. The molecular weight excluding hydrogens is 388 g/mol. The van der Waals surface area contributed by atoms with Crippen LogP contribution in [-0.4, -0.2) is 21.0 Å². The third-order valence-corrected chi connectivity index (χ3v) is 5.16. The van der Waals surface area contributed by atoms with Gasteiger partial charge in [-0.3, -0.25) is 4.79 Å². The van der Waals surface area contributed by atoms with Gasteiger partial charge in [0.05, 0.1) is 12.0 Å². The molecule has 0 radical (unpaired) electrons. The minimum absolute atomic E-state index is 0.154. The fourth-order valence-corrected chi connectivity index (χ4v) is 3.50. The van der Waals surface area contributed by atoms with Crippen LogP contribution in [-0.2, 0) is 11.2 Å². The van der Waals surface area contributed by atoms with Gasteiger partial charge < -0.3 is 14.3 Å². The van der Waals surface area contributed by atoms with Gasteiger partial charge in [0.1, 0.15) is 0 Å². The lowest BCUT2D eigenvalue weighted by Crippen LogP contribution is -2.12. The molecule has 1 amide bonds. The van der Waals surface area contributed by atoms with Crippen LogP contribution < -0.4 is 5.32 Å². The second kappa shape index (κ2) is 8.40. The molecule has 148 valence electrons. The van der Waals surface area contributed by atoms with Gasteiger partial charge in [-0.15, -0.1) is 11.3 Å². The molecule has 0 aliphatic rings. The van der Waals surface area contributed by atoms with E-state index in [-0.39, 0.29) is 12.3 Å². The maximum atomic E-state index is 12.2. The SMILES string of the molecule is CC(C)c1ccc(-c2csc(NC(=O)CCc3nc(-c4ccco4)no3)n2)cc1. The number of anilines is 1. The van der Waals surface area contributed by atoms with Crippen LogP contribution in [0.3, 0.4) is 0 Å². The highest BCUT2D eigenvalue weighted by atomic mass is 32.1. The van der Waals surface area contributed by atoms with Crippen molar-refractivity contribution in [1.82, 2.24) is 15.1 Å². The van der Waals surface area contributed by atoms with E-state index in [4.69, 9.17) is 8.94 Å². The molecule has 1 aromatic carbocycles. The zero-order valence-electron chi connectivity index (χ0n) is 16.1. The summed E-state index contributed by atoms with van der Waals surface area (Å²) < 4.78 is 10.4. The van der Waals surface area contributed by atoms with Crippen LogP contribution in [0, 0.1) is 0 Å². The fourth-order valence-electron chi connectivity index (χ4n) is 2.77. The summed E-state index contributed by atoms with van der Waals surface area (Å²) in [5, 5.41) is 9.19. The molecule has 7 nitrogen and oxygen atoms in total. The Morgan fingerprint density at radius 1 is 1.17 bits per heavy atom. The molecule has 0 saturated heterocycles. The number of benzene rings is 1. The average molecular weight is 408 g/mol. The number of hydrogen-bond acceptors (Lipinski definition) is 7. The quantitative estimate of drug-likeness (QED) is 0.455. The summed E-state index contributed by atoms with van der Waals surface area (Å²) in [7, 11) is 0. The van der Waals surface area contributed by atoms with Crippen LogP contribution in [0.15, 0.2) is 57.0 Å². The Morgan fingerprint density at radius 2 is 2.00 bits per heavy atom. The topological polar surface area (TPSA) is 94.1 Å². The highest BCUT2D eigenvalue weighted by Crippen LogP contribution is 2.26. The molecule has 0 unspecified atom stereocenters. The van der Waals surface area contributed by atoms with Gasteiger partial charge in [0.2, 0.25) is 17.6 Å². The molecule has 4 aromatic rings. The number of amides is 1. The molecule has 4 rings (SSSR count). The normalized spacial score (nSPS) is 11.1. The lowest BCUT2D eigenvalue weighted by Gasteiger charge is -2.05. The molecule has 0 atom stereocenters. The summed E-state index contributed by atoms with van der Waals surface area (Å²) in [6.45, 7) is 4.33. The van der Waals surface area contributed by atoms with Gasteiger partial charge in [0.25, 0.3) is 0 Å². The average Bonchev–Trinajstić information content (AvgIpc) is 3.47. The van der Waals surface area contributed by atoms with Crippen molar-refractivity contribution in [2.45, 2.75) is 32.6 Å². The predicted octanol–water partition coefficient (Wildman–Crippen LogP) is 5.15. The molecule has 0 aliphatic carbocycles. The number of carbonyl (C=O) groups is 1. The van der Waals surface area contributed by atoms with Crippen molar-refractivity contribution < 1.29 is 13.7 Å². The minimum Gasteiger partial charge on any atom is -0.461 e. The second-order valence-electron chi connectivity index (χ2n) is 6.85. The van der Waals surface area contributed by atoms with Crippen LogP contribution >= 0.6 is 11.3 Å². The lowest BCUT2D eigenvalue weighted by molar-refractivity contribution is -0.116. The van der Waals surface area contributed by atoms with Crippen molar-refractivity contribution in [2.75, 3.05) is 5.32 Å². The third kappa shape index (κ3) is 4.60. The monoisotopic (exact) mass is 408 g/mol. The summed E-state index contributed by atoms with van der Waals surface area (Å²) in [6.07, 6.45) is 2.10. The first-order valence-electron chi connectivity index (χ1n) is 9.30. The van der Waals surface area contributed by atoms with Crippen LogP contribution in [0.2, 0.25) is 0 Å². The third-order valence-electron chi connectivity index (χ3n) is 4.40. The lowest BCUT2D eigenvalue weighted by atomic mass is 10.0. The van der Waals surface area contributed by atoms with Gasteiger partial charge in [0.15, 0.2) is 10.9 Å². The zero-order chi connectivity index (χ0) is 20.2. The molecule has 0 bridgehead atoms. The Kier molecular flexibility index (Phi) is 5.53. The Bertz CT molecular complexity index is 1080. The Hall–Kier alpha value is -3.26. The van der Waals surface area contributed by atoms with E-state index in [2.05, 4.69) is 58.6 Å². The van der Waals surface area contributed by atoms with Crippen molar-refractivity contribution in [3.05, 3.63) is 59.5 Å². The van der Waals surface area contributed by atoms with E-state index in [1.807, 2.05) is 5.38 Å². The van der Waals surface area contributed by atoms with Crippen LogP contribution in [0.25, 0.3) is 22.8 Å². The van der Waals surface area contributed by atoms with Crippen LogP contribution in [0.4, 0.5) is 5.13 Å². The molecule has 3 heterocycles. The number of carbonyl (C=O) groups excluding carboxylic acids is 1. The van der Waals surface area contributed by atoms with Gasteiger partial charge in [-0.05, 0) is 23.6 Å². The summed E-state index contributed by atoms with van der Waals surface area (Å²) in [5.74, 6) is 1.62. The van der Waals surface area contributed by atoms with E-state index >= 15 is 0 Å². The fraction of sp³-hybridized carbons (Fsp3) is 0.238. The minimum atomic E-state index is -0.154. The number of aromatic nitrogens is 3. The summed E-state index contributed by atoms with van der Waals surface area (Å²) in [6, 6.07) is 11.8. The number of nitrogens with zero attached hydrogens (tertiary/aromatic N) is 3. The van der Waals surface area contributed by atoms with Gasteiger partial charge in [-0.25, -0.2) is 4.98 Å². The summed E-state index contributed by atoms with van der Waals surface area (Å²) in [5.41, 5.74) is 3.16. The van der Waals surface area contributed by atoms with E-state index in [0.717, 1.165) is 11.3 Å². The summed E-state index contributed by atoms with van der Waals surface area (Å²) in [4.78, 5) is 21.0. The van der Waals surface area contributed by atoms with E-state index < -0.39 is 0 Å². The van der Waals surface area contributed by atoms with Gasteiger partial charge in [0, 0.05) is 23.8 Å². The Morgan fingerprint density at radius 3 is 2.72 bits per heavy atom. The van der Waals surface area contributed by atoms with Crippen LogP contribution in [0.5, 0.6) is 0 Å². The smallest absolute Gasteiger partial charge is 0.238 e. The number of thiazole rings is 1. The van der Waals surface area contributed by atoms with Crippen molar-refractivity contribution in [3.8, 4) is 22.8 Å². The van der Waals surface area contributed by atoms with E-state index in [1.165, 1.54) is 16.9 Å². The standard InChI is InChI=1S/C21H20N4O3S/c1-13(2)14-5-7-15(8-6-14)16-12-29-21(22-16)23-18(26)9-10-19-24-20(25-28-19)17-4-3-11-27-17/h3-8,11-13H,9-10H2,1-2H3,(H,22,23,26). The Labute approximate surface area is 171 Å². The molecule has 0 saturated carbocycles. The molecular formula is C21H20N4O3S. The number of nitrogens with one attached hydrogen (secondary N) is 1. The van der Waals surface area contributed by atoms with Crippen molar-refractivity contribution >= 4 is 22.4 Å². The first kappa shape index (κ1) is 19.1. The van der Waals surface area contributed by atoms with E-state index in [1.54, 1.807) is 18.4 Å². The maximum Gasteiger partial charge on any atom is 0.238 e. The molecule has 0 aliphatic heterocycles. The second-order valence-corrected chi connectivity index (χ2v) is 7.71.